The fourth-order valence-electron chi connectivity index (χ4n) is 1.41. The summed E-state index contributed by atoms with van der Waals surface area (Å²) >= 11 is 0. The predicted molar refractivity (Wildman–Crippen MR) is 64.0 cm³/mol. The Morgan fingerprint density at radius 3 is 2.50 bits per heavy atom. The number of aromatic nitrogens is 3. The van der Waals surface area contributed by atoms with E-state index in [1.54, 1.807) is 18.6 Å². The van der Waals surface area contributed by atoms with E-state index in [4.69, 9.17) is 0 Å². The summed E-state index contributed by atoms with van der Waals surface area (Å²) in [5, 5.41) is 0. The van der Waals surface area contributed by atoms with Crippen molar-refractivity contribution in [3.05, 3.63) is 42.5 Å². The highest BCUT2D eigenvalue weighted by Gasteiger charge is 2.16. The number of rotatable bonds is 1. The quantitative estimate of drug-likeness (QED) is 0.731. The van der Waals surface area contributed by atoms with Crippen molar-refractivity contribution in [3.63, 3.8) is 0 Å². The maximum Gasteiger partial charge on any atom is 0.160 e. The van der Waals surface area contributed by atoms with Crippen LogP contribution in [0.4, 0.5) is 0 Å². The van der Waals surface area contributed by atoms with E-state index in [1.807, 2.05) is 18.2 Å². The van der Waals surface area contributed by atoms with Crippen molar-refractivity contribution >= 4 is 0 Å². The molecule has 16 heavy (non-hydrogen) atoms. The van der Waals surface area contributed by atoms with Crippen LogP contribution >= 0.6 is 0 Å². The second-order valence-electron chi connectivity index (χ2n) is 4.76. The van der Waals surface area contributed by atoms with Crippen molar-refractivity contribution in [3.8, 4) is 11.4 Å². The topological polar surface area (TPSA) is 38.7 Å². The smallest absolute Gasteiger partial charge is 0.160 e. The van der Waals surface area contributed by atoms with Gasteiger partial charge in [-0.15, -0.1) is 0 Å². The maximum absolute atomic E-state index is 4.56. The Hall–Kier alpha value is -1.77. The van der Waals surface area contributed by atoms with Crippen LogP contribution in [0.5, 0.6) is 0 Å². The zero-order chi connectivity index (χ0) is 11.6. The molecule has 82 valence electrons. The van der Waals surface area contributed by atoms with Gasteiger partial charge in [0.2, 0.25) is 0 Å². The molecule has 0 saturated heterocycles. The van der Waals surface area contributed by atoms with Crippen LogP contribution in [-0.2, 0) is 5.41 Å². The van der Waals surface area contributed by atoms with Crippen molar-refractivity contribution in [2.24, 2.45) is 0 Å². The Balaban J connectivity index is 2.45. The third kappa shape index (κ3) is 2.24. The summed E-state index contributed by atoms with van der Waals surface area (Å²) in [4.78, 5) is 12.9. The van der Waals surface area contributed by atoms with Crippen molar-refractivity contribution < 1.29 is 0 Å². The first kappa shape index (κ1) is 10.7. The third-order valence-corrected chi connectivity index (χ3v) is 2.34. The lowest BCUT2D eigenvalue weighted by Gasteiger charge is -2.17. The molecule has 0 saturated carbocycles. The Labute approximate surface area is 95.6 Å². The van der Waals surface area contributed by atoms with Crippen molar-refractivity contribution in [1.29, 1.82) is 0 Å². The van der Waals surface area contributed by atoms with Gasteiger partial charge in [0.1, 0.15) is 0 Å². The van der Waals surface area contributed by atoms with Gasteiger partial charge >= 0.3 is 0 Å². The van der Waals surface area contributed by atoms with Crippen molar-refractivity contribution in [2.75, 3.05) is 0 Å². The van der Waals surface area contributed by atoms with E-state index in [0.717, 1.165) is 17.1 Å². The molecule has 2 aromatic heterocycles. The highest BCUT2D eigenvalue weighted by Crippen LogP contribution is 2.21. The third-order valence-electron chi connectivity index (χ3n) is 2.34. The highest BCUT2D eigenvalue weighted by molar-refractivity contribution is 5.52. The van der Waals surface area contributed by atoms with E-state index < -0.39 is 0 Å². The molecule has 0 spiro atoms. The molecule has 0 atom stereocenters. The molecule has 0 amide bonds. The van der Waals surface area contributed by atoms with Gasteiger partial charge in [-0.3, -0.25) is 4.98 Å². The van der Waals surface area contributed by atoms with E-state index >= 15 is 0 Å². The van der Waals surface area contributed by atoms with Crippen molar-refractivity contribution in [2.45, 2.75) is 26.2 Å². The average molecular weight is 213 g/mol. The fraction of sp³-hybridized carbons (Fsp3) is 0.308. The highest BCUT2D eigenvalue weighted by atomic mass is 14.9. The molecule has 2 heterocycles. The second kappa shape index (κ2) is 4.00. The second-order valence-corrected chi connectivity index (χ2v) is 4.76. The number of pyridine rings is 1. The van der Waals surface area contributed by atoms with E-state index in [1.165, 1.54) is 0 Å². The molecule has 0 radical (unpaired) electrons. The summed E-state index contributed by atoms with van der Waals surface area (Å²) in [7, 11) is 0. The summed E-state index contributed by atoms with van der Waals surface area (Å²) in [5.41, 5.74) is 2.04. The Morgan fingerprint density at radius 2 is 1.88 bits per heavy atom. The van der Waals surface area contributed by atoms with Gasteiger partial charge in [0.05, 0.1) is 0 Å². The predicted octanol–water partition coefficient (Wildman–Crippen LogP) is 2.84. The first-order chi connectivity index (χ1) is 7.57. The standard InChI is InChI=1S/C13H15N3/c1-13(2,3)11-6-8-15-12(16-11)10-5-4-7-14-9-10/h4-9H,1-3H3. The zero-order valence-electron chi connectivity index (χ0n) is 9.81. The van der Waals surface area contributed by atoms with Gasteiger partial charge in [0, 0.05) is 35.3 Å². The van der Waals surface area contributed by atoms with Crippen LogP contribution in [0.25, 0.3) is 11.4 Å². The first-order valence-electron chi connectivity index (χ1n) is 5.31. The van der Waals surface area contributed by atoms with Gasteiger partial charge in [-0.25, -0.2) is 9.97 Å². The zero-order valence-corrected chi connectivity index (χ0v) is 9.81. The fourth-order valence-corrected chi connectivity index (χ4v) is 1.41. The molecule has 0 unspecified atom stereocenters. The Kier molecular flexibility index (Phi) is 2.69. The molecule has 0 N–H and O–H groups in total. The number of hydrogen-bond donors (Lipinski definition) is 0. The van der Waals surface area contributed by atoms with Gasteiger partial charge in [-0.1, -0.05) is 20.8 Å². The van der Waals surface area contributed by atoms with Crippen LogP contribution in [0.1, 0.15) is 26.5 Å². The minimum Gasteiger partial charge on any atom is -0.264 e. The minimum absolute atomic E-state index is 0.0416. The normalized spacial score (nSPS) is 11.4. The van der Waals surface area contributed by atoms with Crippen LogP contribution in [0.3, 0.4) is 0 Å². The molecular weight excluding hydrogens is 198 g/mol. The summed E-state index contributed by atoms with van der Waals surface area (Å²) in [5.74, 6) is 0.737. The summed E-state index contributed by atoms with van der Waals surface area (Å²) < 4.78 is 0. The van der Waals surface area contributed by atoms with Gasteiger partial charge in [-0.05, 0) is 18.2 Å². The lowest BCUT2D eigenvalue weighted by atomic mass is 9.92. The van der Waals surface area contributed by atoms with E-state index in [2.05, 4.69) is 35.7 Å². The molecule has 0 aliphatic heterocycles. The van der Waals surface area contributed by atoms with Gasteiger partial charge in [-0.2, -0.15) is 0 Å². The van der Waals surface area contributed by atoms with Crippen LogP contribution in [0.15, 0.2) is 36.8 Å². The molecule has 3 nitrogen and oxygen atoms in total. The number of nitrogens with zero attached hydrogens (tertiary/aromatic N) is 3. The van der Waals surface area contributed by atoms with Crippen LogP contribution in [0.2, 0.25) is 0 Å². The molecule has 2 aromatic rings. The van der Waals surface area contributed by atoms with Crippen LogP contribution in [0, 0.1) is 0 Å². The molecule has 0 aliphatic rings. The Morgan fingerprint density at radius 1 is 1.06 bits per heavy atom. The minimum atomic E-state index is 0.0416. The summed E-state index contributed by atoms with van der Waals surface area (Å²) in [6, 6.07) is 5.82. The average Bonchev–Trinajstić information content (AvgIpc) is 2.29. The molecular formula is C13H15N3. The number of hydrogen-bond acceptors (Lipinski definition) is 3. The van der Waals surface area contributed by atoms with E-state index in [0.29, 0.717) is 0 Å². The summed E-state index contributed by atoms with van der Waals surface area (Å²) in [6.07, 6.45) is 5.33. The Bertz CT molecular complexity index is 472. The van der Waals surface area contributed by atoms with Crippen LogP contribution in [-0.4, -0.2) is 15.0 Å². The lowest BCUT2D eigenvalue weighted by molar-refractivity contribution is 0.568. The monoisotopic (exact) mass is 213 g/mol. The van der Waals surface area contributed by atoms with E-state index in [9.17, 15) is 0 Å². The van der Waals surface area contributed by atoms with Gasteiger partial charge in [0.15, 0.2) is 5.82 Å². The van der Waals surface area contributed by atoms with E-state index in [-0.39, 0.29) is 5.41 Å². The molecule has 0 aromatic carbocycles. The maximum atomic E-state index is 4.56. The SMILES string of the molecule is CC(C)(C)c1ccnc(-c2cccnc2)n1. The van der Waals surface area contributed by atoms with Crippen LogP contribution < -0.4 is 0 Å². The molecule has 2 rings (SSSR count). The lowest BCUT2D eigenvalue weighted by Crippen LogP contribution is -2.14. The largest absolute Gasteiger partial charge is 0.264 e. The summed E-state index contributed by atoms with van der Waals surface area (Å²) in [6.45, 7) is 6.42. The molecule has 0 fully saturated rings. The molecule has 0 aliphatic carbocycles. The first-order valence-corrected chi connectivity index (χ1v) is 5.31. The molecule has 3 heteroatoms. The van der Waals surface area contributed by atoms with Gasteiger partial charge in [0.25, 0.3) is 0 Å². The molecule has 0 bridgehead atoms. The van der Waals surface area contributed by atoms with Gasteiger partial charge < -0.3 is 0 Å². The van der Waals surface area contributed by atoms with Crippen molar-refractivity contribution in [1.82, 2.24) is 15.0 Å².